The van der Waals surface area contributed by atoms with Crippen molar-refractivity contribution in [3.63, 3.8) is 0 Å². The van der Waals surface area contributed by atoms with Gasteiger partial charge in [-0.1, -0.05) is 30.3 Å². The molecular formula is C17H10ClN3O2. The summed E-state index contributed by atoms with van der Waals surface area (Å²) in [5.74, 6) is 0.122. The van der Waals surface area contributed by atoms with Crippen LogP contribution in [-0.2, 0) is 0 Å². The van der Waals surface area contributed by atoms with E-state index in [1.165, 1.54) is 4.80 Å². The fraction of sp³-hybridized carbons (Fsp3) is 0. The normalized spacial score (nSPS) is 11.0. The van der Waals surface area contributed by atoms with E-state index in [1.54, 1.807) is 18.3 Å². The van der Waals surface area contributed by atoms with Gasteiger partial charge in [0.2, 0.25) is 0 Å². The minimum absolute atomic E-state index is 0.122. The Morgan fingerprint density at radius 2 is 1.91 bits per heavy atom. The summed E-state index contributed by atoms with van der Waals surface area (Å²) in [6.45, 7) is 0. The second kappa shape index (κ2) is 5.37. The molecule has 0 saturated carbocycles. The summed E-state index contributed by atoms with van der Waals surface area (Å²) in [6.07, 6.45) is 1.70. The van der Waals surface area contributed by atoms with Gasteiger partial charge in [0, 0.05) is 17.0 Å². The number of furan rings is 1. The Kier molecular flexibility index (Phi) is 3.20. The fourth-order valence-corrected chi connectivity index (χ4v) is 2.46. The van der Waals surface area contributed by atoms with Gasteiger partial charge in [-0.25, -0.2) is 0 Å². The summed E-state index contributed by atoms with van der Waals surface area (Å²) in [5.41, 5.74) is 3.07. The number of rotatable bonds is 3. The zero-order chi connectivity index (χ0) is 15.8. The van der Waals surface area contributed by atoms with Crippen LogP contribution in [0.15, 0.2) is 65.2 Å². The summed E-state index contributed by atoms with van der Waals surface area (Å²) in [5, 5.41) is 8.93. The molecule has 0 spiro atoms. The van der Waals surface area contributed by atoms with Gasteiger partial charge in [-0.05, 0) is 29.8 Å². The maximum Gasteiger partial charge on any atom is 0.287 e. The van der Waals surface area contributed by atoms with E-state index in [-0.39, 0.29) is 5.76 Å². The first-order chi connectivity index (χ1) is 11.2. The molecule has 0 aliphatic heterocycles. The molecule has 6 heteroatoms. The fourth-order valence-electron chi connectivity index (χ4n) is 2.37. The maximum absolute atomic E-state index is 11.2. The third kappa shape index (κ3) is 2.51. The van der Waals surface area contributed by atoms with Gasteiger partial charge in [0.1, 0.15) is 11.3 Å². The first-order valence-corrected chi connectivity index (χ1v) is 7.30. The van der Waals surface area contributed by atoms with Crippen LogP contribution in [0.5, 0.6) is 0 Å². The monoisotopic (exact) mass is 323 g/mol. The lowest BCUT2D eigenvalue weighted by Gasteiger charge is -1.99. The number of benzene rings is 2. The predicted molar refractivity (Wildman–Crippen MR) is 86.8 cm³/mol. The average molecular weight is 324 g/mol. The van der Waals surface area contributed by atoms with Crippen LogP contribution >= 0.6 is 11.6 Å². The molecule has 23 heavy (non-hydrogen) atoms. The quantitative estimate of drug-likeness (QED) is 0.533. The molecule has 0 saturated heterocycles. The molecule has 4 rings (SSSR count). The van der Waals surface area contributed by atoms with Crippen LogP contribution in [0.2, 0.25) is 0 Å². The van der Waals surface area contributed by atoms with Crippen molar-refractivity contribution < 1.29 is 9.21 Å². The molecule has 0 N–H and O–H groups in total. The van der Waals surface area contributed by atoms with E-state index in [1.807, 2.05) is 42.5 Å². The van der Waals surface area contributed by atoms with Crippen molar-refractivity contribution in [1.82, 2.24) is 15.0 Å². The summed E-state index contributed by atoms with van der Waals surface area (Å²) >= 11 is 5.44. The highest BCUT2D eigenvalue weighted by molar-refractivity contribution is 6.67. The SMILES string of the molecule is O=C(Cl)c1cc2ccc(-n3ncc(-c4ccccc4)n3)cc2o1. The molecule has 112 valence electrons. The lowest BCUT2D eigenvalue weighted by molar-refractivity contribution is 0.105. The molecule has 4 aromatic rings. The molecule has 0 atom stereocenters. The minimum atomic E-state index is -0.619. The Hall–Kier alpha value is -2.92. The van der Waals surface area contributed by atoms with Crippen molar-refractivity contribution in [2.24, 2.45) is 0 Å². The Balaban J connectivity index is 1.74. The molecule has 0 fully saturated rings. The van der Waals surface area contributed by atoms with E-state index < -0.39 is 5.24 Å². The lowest BCUT2D eigenvalue weighted by atomic mass is 10.2. The molecule has 0 aliphatic carbocycles. The van der Waals surface area contributed by atoms with Crippen molar-refractivity contribution in [3.05, 3.63) is 66.6 Å². The number of aromatic nitrogens is 3. The standard InChI is InChI=1S/C17H10ClN3O2/c18-17(22)16-8-12-6-7-13(9-15(12)23-16)21-19-10-14(20-21)11-4-2-1-3-5-11/h1-10H. The maximum atomic E-state index is 11.2. The van der Waals surface area contributed by atoms with E-state index >= 15 is 0 Å². The lowest BCUT2D eigenvalue weighted by Crippen LogP contribution is -1.98. The number of carbonyl (C=O) groups excluding carboxylic acids is 1. The van der Waals surface area contributed by atoms with E-state index in [0.717, 1.165) is 22.3 Å². The van der Waals surface area contributed by atoms with E-state index in [9.17, 15) is 4.79 Å². The summed E-state index contributed by atoms with van der Waals surface area (Å²) in [7, 11) is 0. The Morgan fingerprint density at radius 1 is 1.09 bits per heavy atom. The first-order valence-electron chi connectivity index (χ1n) is 6.92. The number of fused-ring (bicyclic) bond motifs is 1. The van der Waals surface area contributed by atoms with Gasteiger partial charge in [0.05, 0.1) is 11.9 Å². The molecule has 0 aliphatic rings. The molecule has 0 unspecified atom stereocenters. The molecule has 0 radical (unpaired) electrons. The van der Waals surface area contributed by atoms with Crippen molar-refractivity contribution in [2.45, 2.75) is 0 Å². The predicted octanol–water partition coefficient (Wildman–Crippen LogP) is 4.06. The Morgan fingerprint density at radius 3 is 2.70 bits per heavy atom. The third-order valence-corrected chi connectivity index (χ3v) is 3.68. The average Bonchev–Trinajstić information content (AvgIpc) is 3.22. The van der Waals surface area contributed by atoms with Crippen LogP contribution in [0.4, 0.5) is 0 Å². The topological polar surface area (TPSA) is 60.9 Å². The smallest absolute Gasteiger partial charge is 0.287 e. The van der Waals surface area contributed by atoms with Crippen LogP contribution in [0.3, 0.4) is 0 Å². The second-order valence-corrected chi connectivity index (χ2v) is 5.34. The van der Waals surface area contributed by atoms with Crippen LogP contribution in [-0.4, -0.2) is 20.2 Å². The van der Waals surface area contributed by atoms with Crippen LogP contribution in [0.25, 0.3) is 27.9 Å². The minimum Gasteiger partial charge on any atom is -0.452 e. The van der Waals surface area contributed by atoms with Crippen molar-refractivity contribution in [2.75, 3.05) is 0 Å². The van der Waals surface area contributed by atoms with Crippen LogP contribution < -0.4 is 0 Å². The van der Waals surface area contributed by atoms with E-state index in [0.29, 0.717) is 5.58 Å². The molecule has 2 aromatic heterocycles. The highest BCUT2D eigenvalue weighted by Crippen LogP contribution is 2.24. The molecule has 2 aromatic carbocycles. The number of hydrogen-bond acceptors (Lipinski definition) is 4. The number of halogens is 1. The van der Waals surface area contributed by atoms with Gasteiger partial charge in [0.25, 0.3) is 5.24 Å². The summed E-state index contributed by atoms with van der Waals surface area (Å²) in [4.78, 5) is 12.7. The van der Waals surface area contributed by atoms with Gasteiger partial charge < -0.3 is 4.42 Å². The van der Waals surface area contributed by atoms with Gasteiger partial charge in [-0.3, -0.25) is 4.79 Å². The van der Waals surface area contributed by atoms with Gasteiger partial charge in [-0.15, -0.1) is 5.10 Å². The molecule has 0 bridgehead atoms. The van der Waals surface area contributed by atoms with E-state index in [2.05, 4.69) is 10.2 Å². The zero-order valence-electron chi connectivity index (χ0n) is 11.8. The van der Waals surface area contributed by atoms with Gasteiger partial charge in [0.15, 0.2) is 5.76 Å². The number of hydrogen-bond donors (Lipinski definition) is 0. The van der Waals surface area contributed by atoms with Crippen molar-refractivity contribution in [3.8, 4) is 16.9 Å². The third-order valence-electron chi connectivity index (χ3n) is 3.49. The summed E-state index contributed by atoms with van der Waals surface area (Å²) < 4.78 is 5.43. The number of carbonyl (C=O) groups is 1. The second-order valence-electron chi connectivity index (χ2n) is 4.99. The highest BCUT2D eigenvalue weighted by atomic mass is 35.5. The van der Waals surface area contributed by atoms with Crippen LogP contribution in [0, 0.1) is 0 Å². The number of nitrogens with zero attached hydrogens (tertiary/aromatic N) is 3. The first kappa shape index (κ1) is 13.7. The molecule has 2 heterocycles. The largest absolute Gasteiger partial charge is 0.452 e. The van der Waals surface area contributed by atoms with Gasteiger partial charge >= 0.3 is 0 Å². The van der Waals surface area contributed by atoms with Crippen molar-refractivity contribution >= 4 is 27.8 Å². The van der Waals surface area contributed by atoms with E-state index in [4.69, 9.17) is 16.0 Å². The zero-order valence-corrected chi connectivity index (χ0v) is 12.6. The summed E-state index contributed by atoms with van der Waals surface area (Å²) in [6, 6.07) is 16.9. The molecule has 0 amide bonds. The van der Waals surface area contributed by atoms with Crippen LogP contribution in [0.1, 0.15) is 10.6 Å². The molecule has 5 nitrogen and oxygen atoms in total. The Bertz CT molecular complexity index is 1010. The molecular weight excluding hydrogens is 314 g/mol. The Labute approximate surface area is 136 Å². The highest BCUT2D eigenvalue weighted by Gasteiger charge is 2.11. The van der Waals surface area contributed by atoms with Crippen molar-refractivity contribution in [1.29, 1.82) is 0 Å². The van der Waals surface area contributed by atoms with Gasteiger partial charge in [-0.2, -0.15) is 9.90 Å².